The summed E-state index contributed by atoms with van der Waals surface area (Å²) in [6.45, 7) is 15.0. The largest absolute Gasteiger partial charge is 0.444 e. The smallest absolute Gasteiger partial charge is 0.408 e. The number of ether oxygens (including phenoxy) is 3. The highest BCUT2D eigenvalue weighted by Gasteiger charge is 2.71. The summed E-state index contributed by atoms with van der Waals surface area (Å²) in [6.07, 6.45) is -1.15. The Balaban J connectivity index is 2.14. The van der Waals surface area contributed by atoms with Crippen molar-refractivity contribution in [2.45, 2.75) is 83.3 Å². The summed E-state index contributed by atoms with van der Waals surface area (Å²) < 4.78 is 17.5. The maximum atomic E-state index is 13.1. The molecule has 7 heteroatoms. The summed E-state index contributed by atoms with van der Waals surface area (Å²) >= 11 is 0. The van der Waals surface area contributed by atoms with Crippen LogP contribution in [-0.2, 0) is 25.3 Å². The Morgan fingerprint density at radius 2 is 1.00 bits per heavy atom. The lowest BCUT2D eigenvalue weighted by atomic mass is 9.66. The zero-order valence-corrected chi connectivity index (χ0v) is 22.0. The maximum Gasteiger partial charge on any atom is 0.408 e. The van der Waals surface area contributed by atoms with Crippen LogP contribution in [0.15, 0.2) is 60.7 Å². The third-order valence-corrected chi connectivity index (χ3v) is 6.25. The molecule has 35 heavy (non-hydrogen) atoms. The van der Waals surface area contributed by atoms with Crippen LogP contribution in [-0.4, -0.2) is 35.6 Å². The van der Waals surface area contributed by atoms with E-state index in [4.69, 9.17) is 14.2 Å². The van der Waals surface area contributed by atoms with Crippen molar-refractivity contribution in [3.63, 3.8) is 0 Å². The summed E-state index contributed by atoms with van der Waals surface area (Å²) in [6, 6.07) is 19.2. The van der Waals surface area contributed by atoms with Crippen LogP contribution >= 0.6 is 0 Å². The van der Waals surface area contributed by atoms with Gasteiger partial charge >= 0.3 is 12.2 Å². The fraction of sp³-hybridized carbons (Fsp3) is 0.500. The van der Waals surface area contributed by atoms with E-state index in [-0.39, 0.29) is 6.61 Å². The summed E-state index contributed by atoms with van der Waals surface area (Å²) in [5.74, 6) is 0. The van der Waals surface area contributed by atoms with Crippen LogP contribution in [0.1, 0.15) is 66.5 Å². The molecule has 2 unspecified atom stereocenters. The quantitative estimate of drug-likeness (QED) is 0.521. The highest BCUT2D eigenvalue weighted by atomic mass is 16.6. The lowest BCUT2D eigenvalue weighted by molar-refractivity contribution is 0.0118. The first-order valence-electron chi connectivity index (χ1n) is 11.9. The van der Waals surface area contributed by atoms with Crippen LogP contribution in [0.2, 0.25) is 0 Å². The lowest BCUT2D eigenvalue weighted by Crippen LogP contribution is -2.67. The molecule has 0 aromatic heterocycles. The van der Waals surface area contributed by atoms with Gasteiger partial charge in [0, 0.05) is 0 Å². The Morgan fingerprint density at radius 1 is 0.686 bits per heavy atom. The number of alkyl carbamates (subject to hydrolysis) is 2. The number of amides is 2. The van der Waals surface area contributed by atoms with Gasteiger partial charge in [-0.25, -0.2) is 9.59 Å². The van der Waals surface area contributed by atoms with Gasteiger partial charge in [0.15, 0.2) is 0 Å². The molecule has 1 aliphatic rings. The molecule has 0 saturated carbocycles. The Labute approximate surface area is 208 Å². The Kier molecular flexibility index (Phi) is 6.97. The van der Waals surface area contributed by atoms with E-state index < -0.39 is 40.1 Å². The second-order valence-electron chi connectivity index (χ2n) is 11.4. The van der Waals surface area contributed by atoms with Gasteiger partial charge in [-0.05, 0) is 66.5 Å². The Morgan fingerprint density at radius 3 is 1.26 bits per heavy atom. The number of epoxide rings is 1. The molecular formula is C28H38N2O5. The second-order valence-corrected chi connectivity index (χ2v) is 11.4. The second kappa shape index (κ2) is 9.19. The van der Waals surface area contributed by atoms with Gasteiger partial charge in [-0.15, -0.1) is 0 Å². The standard InChI is InChI=1S/C28H38N2O5/c1-24(2,3)34-22(31)29-26(7,20-15-11-9-12-16-20)28(19-33-28)27(8,21-17-13-10-14-18-21)30-23(32)35-25(4,5)6/h9-18H,19H2,1-8H3,(H,29,31)(H,30,32). The predicted molar refractivity (Wildman–Crippen MR) is 135 cm³/mol. The number of hydrogen-bond donors (Lipinski definition) is 2. The molecule has 0 radical (unpaired) electrons. The summed E-state index contributed by atoms with van der Waals surface area (Å²) in [5.41, 5.74) is -2.93. The lowest BCUT2D eigenvalue weighted by Gasteiger charge is -2.47. The fourth-order valence-corrected chi connectivity index (χ4v) is 4.52. The topological polar surface area (TPSA) is 89.2 Å². The normalized spacial score (nSPS) is 21.1. The first-order chi connectivity index (χ1) is 16.1. The van der Waals surface area contributed by atoms with Crippen LogP contribution in [0.3, 0.4) is 0 Å². The third-order valence-electron chi connectivity index (χ3n) is 6.25. The van der Waals surface area contributed by atoms with Crippen molar-refractivity contribution >= 4 is 12.2 Å². The van der Waals surface area contributed by atoms with E-state index in [1.165, 1.54) is 0 Å². The van der Waals surface area contributed by atoms with E-state index >= 15 is 0 Å². The minimum Gasteiger partial charge on any atom is -0.444 e. The van der Waals surface area contributed by atoms with Crippen molar-refractivity contribution in [2.75, 3.05) is 6.61 Å². The van der Waals surface area contributed by atoms with Crippen LogP contribution in [0.5, 0.6) is 0 Å². The van der Waals surface area contributed by atoms with Gasteiger partial charge < -0.3 is 24.8 Å². The molecule has 2 aromatic rings. The number of hydrogen-bond acceptors (Lipinski definition) is 5. The summed E-state index contributed by atoms with van der Waals surface area (Å²) in [5, 5.41) is 6.18. The van der Waals surface area contributed by atoms with Gasteiger partial charge in [0.05, 0.1) is 17.7 Å². The van der Waals surface area contributed by atoms with E-state index in [1.54, 1.807) is 0 Å². The molecule has 0 bridgehead atoms. The van der Waals surface area contributed by atoms with E-state index in [9.17, 15) is 9.59 Å². The van der Waals surface area contributed by atoms with Crippen LogP contribution < -0.4 is 10.6 Å². The number of nitrogens with one attached hydrogen (secondary N) is 2. The van der Waals surface area contributed by atoms with Crippen molar-refractivity contribution in [2.24, 2.45) is 0 Å². The molecule has 1 heterocycles. The molecule has 0 spiro atoms. The van der Waals surface area contributed by atoms with Crippen molar-refractivity contribution < 1.29 is 23.8 Å². The number of carbonyl (C=O) groups is 2. The van der Waals surface area contributed by atoms with Crippen molar-refractivity contribution in [1.82, 2.24) is 10.6 Å². The predicted octanol–water partition coefficient (Wildman–Crippen LogP) is 5.64. The zero-order valence-electron chi connectivity index (χ0n) is 22.0. The Bertz CT molecular complexity index is 957. The minimum absolute atomic E-state index is 0.287. The SMILES string of the molecule is CC(C)(C)OC(=O)NC(C)(c1ccccc1)C1(C(C)(NC(=O)OC(C)(C)C)c2ccccc2)CO1. The number of rotatable bonds is 6. The molecule has 2 atom stereocenters. The van der Waals surface area contributed by atoms with Crippen molar-refractivity contribution in [3.05, 3.63) is 71.8 Å². The number of benzene rings is 2. The van der Waals surface area contributed by atoms with E-state index in [0.717, 1.165) is 11.1 Å². The highest BCUT2D eigenvalue weighted by Crippen LogP contribution is 2.55. The van der Waals surface area contributed by atoms with E-state index in [0.29, 0.717) is 0 Å². The van der Waals surface area contributed by atoms with Gasteiger partial charge in [0.1, 0.15) is 16.8 Å². The van der Waals surface area contributed by atoms with Gasteiger partial charge in [0.2, 0.25) is 0 Å². The fourth-order valence-electron chi connectivity index (χ4n) is 4.52. The molecule has 0 aliphatic carbocycles. The molecule has 3 rings (SSSR count). The highest BCUT2D eigenvalue weighted by molar-refractivity contribution is 5.72. The molecule has 2 N–H and O–H groups in total. The maximum absolute atomic E-state index is 13.1. The van der Waals surface area contributed by atoms with Crippen LogP contribution in [0.4, 0.5) is 9.59 Å². The van der Waals surface area contributed by atoms with Gasteiger partial charge in [0.25, 0.3) is 0 Å². The first kappa shape index (κ1) is 26.5. The summed E-state index contributed by atoms with van der Waals surface area (Å²) in [4.78, 5) is 26.2. The molecule has 2 aromatic carbocycles. The average Bonchev–Trinajstić information content (AvgIpc) is 3.55. The van der Waals surface area contributed by atoms with E-state index in [2.05, 4.69) is 10.6 Å². The van der Waals surface area contributed by atoms with Gasteiger partial charge in [-0.2, -0.15) is 0 Å². The molecule has 1 aliphatic heterocycles. The number of carbonyl (C=O) groups excluding carboxylic acids is 2. The van der Waals surface area contributed by atoms with E-state index in [1.807, 2.05) is 116 Å². The van der Waals surface area contributed by atoms with Crippen molar-refractivity contribution in [3.8, 4) is 0 Å². The Hall–Kier alpha value is -3.06. The molecule has 190 valence electrons. The monoisotopic (exact) mass is 482 g/mol. The van der Waals surface area contributed by atoms with Crippen molar-refractivity contribution in [1.29, 1.82) is 0 Å². The van der Waals surface area contributed by atoms with Crippen LogP contribution in [0, 0.1) is 0 Å². The molecule has 1 saturated heterocycles. The first-order valence-corrected chi connectivity index (χ1v) is 11.9. The minimum atomic E-state index is -1.07. The summed E-state index contributed by atoms with van der Waals surface area (Å²) in [7, 11) is 0. The molecule has 1 fully saturated rings. The van der Waals surface area contributed by atoms with Gasteiger partial charge in [-0.3, -0.25) is 0 Å². The average molecular weight is 483 g/mol. The molecule has 7 nitrogen and oxygen atoms in total. The van der Waals surface area contributed by atoms with Gasteiger partial charge in [-0.1, -0.05) is 60.7 Å². The zero-order chi connectivity index (χ0) is 26.1. The third kappa shape index (κ3) is 5.61. The van der Waals surface area contributed by atoms with Crippen LogP contribution in [0.25, 0.3) is 0 Å². The molecule has 2 amide bonds. The molecular weight excluding hydrogens is 444 g/mol.